The monoisotopic (exact) mass is 551 g/mol. The molecule has 3 aromatic rings. The van der Waals surface area contributed by atoms with Gasteiger partial charge in [-0.3, -0.25) is 9.59 Å². The Hall–Kier alpha value is -3.78. The molecule has 1 aliphatic rings. The molecule has 0 unspecified atom stereocenters. The first-order valence-corrected chi connectivity index (χ1v) is 12.1. The number of benzene rings is 3. The molecule has 0 aliphatic carbocycles. The quantitative estimate of drug-likeness (QED) is 0.237. The molecule has 1 amide bonds. The van der Waals surface area contributed by atoms with Crippen molar-refractivity contribution in [3.05, 3.63) is 93.5 Å². The number of amides is 1. The topological polar surface area (TPSA) is 85.3 Å². The summed E-state index contributed by atoms with van der Waals surface area (Å²) in [5.74, 6) is 0.158. The molecule has 36 heavy (non-hydrogen) atoms. The Balaban J connectivity index is 1.75. The standard InChI is InChI=1S/C28H26BrNO6/c1-34-21-6-4-5-19(16-21)25-24(26(31)18-8-10-20(29)11-9-18)27(32)28(33)30(25)14-13-17-7-12-22(35-2)23(15-17)36-3/h4-12,15-16,25,31H,13-14H2,1-3H3/t25-/m1/s1. The van der Waals surface area contributed by atoms with E-state index < -0.39 is 17.7 Å². The minimum absolute atomic E-state index is 0.0443. The highest BCUT2D eigenvalue weighted by atomic mass is 79.9. The zero-order chi connectivity index (χ0) is 25.8. The van der Waals surface area contributed by atoms with Crippen LogP contribution in [0.1, 0.15) is 22.7 Å². The maximum atomic E-state index is 13.2. The number of nitrogens with zero attached hydrogens (tertiary/aromatic N) is 1. The molecule has 0 bridgehead atoms. The number of Topliss-reactive ketones (excluding diaryl/α,β-unsaturated/α-hetero) is 1. The van der Waals surface area contributed by atoms with E-state index >= 15 is 0 Å². The van der Waals surface area contributed by atoms with Crippen molar-refractivity contribution in [2.24, 2.45) is 0 Å². The molecule has 7 nitrogen and oxygen atoms in total. The molecule has 1 heterocycles. The molecule has 3 aromatic carbocycles. The molecule has 1 N–H and O–H groups in total. The summed E-state index contributed by atoms with van der Waals surface area (Å²) in [5.41, 5.74) is 2.07. The third-order valence-corrected chi connectivity index (χ3v) is 6.69. The number of carbonyl (C=O) groups is 2. The highest BCUT2D eigenvalue weighted by molar-refractivity contribution is 9.10. The van der Waals surface area contributed by atoms with E-state index in [0.29, 0.717) is 34.8 Å². The van der Waals surface area contributed by atoms with Crippen LogP contribution in [0, 0.1) is 0 Å². The number of methoxy groups -OCH3 is 3. The first kappa shape index (κ1) is 25.3. The fourth-order valence-electron chi connectivity index (χ4n) is 4.32. The van der Waals surface area contributed by atoms with Gasteiger partial charge in [-0.05, 0) is 53.9 Å². The SMILES string of the molecule is COc1cccc([C@@H]2C(=C(O)c3ccc(Br)cc3)C(=O)C(=O)N2CCc2ccc(OC)c(OC)c2)c1. The van der Waals surface area contributed by atoms with E-state index in [1.165, 1.54) is 4.90 Å². The van der Waals surface area contributed by atoms with E-state index in [2.05, 4.69) is 15.9 Å². The van der Waals surface area contributed by atoms with E-state index in [4.69, 9.17) is 14.2 Å². The van der Waals surface area contributed by atoms with Crippen LogP contribution in [0.2, 0.25) is 0 Å². The van der Waals surface area contributed by atoms with Crippen molar-refractivity contribution in [3.8, 4) is 17.2 Å². The molecule has 8 heteroatoms. The summed E-state index contributed by atoms with van der Waals surface area (Å²) in [4.78, 5) is 28.0. The fraction of sp³-hybridized carbons (Fsp3) is 0.214. The summed E-state index contributed by atoms with van der Waals surface area (Å²) in [6.45, 7) is 0.249. The molecule has 1 saturated heterocycles. The van der Waals surface area contributed by atoms with Crippen LogP contribution in [-0.4, -0.2) is 49.6 Å². The maximum absolute atomic E-state index is 13.2. The predicted molar refractivity (Wildman–Crippen MR) is 139 cm³/mol. The van der Waals surface area contributed by atoms with E-state index in [1.54, 1.807) is 69.9 Å². The first-order valence-electron chi connectivity index (χ1n) is 11.3. The highest BCUT2D eigenvalue weighted by Crippen LogP contribution is 2.40. The summed E-state index contributed by atoms with van der Waals surface area (Å²) < 4.78 is 16.9. The molecule has 0 spiro atoms. The van der Waals surface area contributed by atoms with E-state index in [1.807, 2.05) is 18.2 Å². The Kier molecular flexibility index (Phi) is 7.64. The average molecular weight is 552 g/mol. The number of ketones is 1. The number of aliphatic hydroxyl groups is 1. The van der Waals surface area contributed by atoms with E-state index in [0.717, 1.165) is 10.0 Å². The molecule has 0 aromatic heterocycles. The molecule has 4 rings (SSSR count). The molecule has 186 valence electrons. The van der Waals surface area contributed by atoms with Gasteiger partial charge < -0.3 is 24.2 Å². The smallest absolute Gasteiger partial charge is 0.295 e. The van der Waals surface area contributed by atoms with Crippen LogP contribution < -0.4 is 14.2 Å². The lowest BCUT2D eigenvalue weighted by atomic mass is 9.95. The van der Waals surface area contributed by atoms with Crippen LogP contribution >= 0.6 is 15.9 Å². The second-order valence-electron chi connectivity index (χ2n) is 8.22. The van der Waals surface area contributed by atoms with Gasteiger partial charge in [-0.25, -0.2) is 0 Å². The van der Waals surface area contributed by atoms with Crippen molar-refractivity contribution in [2.45, 2.75) is 12.5 Å². The number of ether oxygens (including phenoxy) is 3. The largest absolute Gasteiger partial charge is 0.507 e. The van der Waals surface area contributed by atoms with Crippen LogP contribution in [0.5, 0.6) is 17.2 Å². The van der Waals surface area contributed by atoms with Gasteiger partial charge in [-0.1, -0.05) is 46.3 Å². The molecule has 1 atom stereocenters. The minimum atomic E-state index is -0.774. The van der Waals surface area contributed by atoms with Crippen LogP contribution in [0.4, 0.5) is 0 Å². The number of likely N-dealkylation sites (tertiary alicyclic amines) is 1. The Bertz CT molecular complexity index is 1320. The Labute approximate surface area is 218 Å². The zero-order valence-electron chi connectivity index (χ0n) is 20.2. The number of hydrogen-bond donors (Lipinski definition) is 1. The van der Waals surface area contributed by atoms with Gasteiger partial charge in [0.1, 0.15) is 11.5 Å². The summed E-state index contributed by atoms with van der Waals surface area (Å²) in [6.07, 6.45) is 0.464. The predicted octanol–water partition coefficient (Wildman–Crippen LogP) is 5.14. The molecule has 1 fully saturated rings. The molecule has 0 saturated carbocycles. The van der Waals surface area contributed by atoms with Gasteiger partial charge in [0.15, 0.2) is 11.5 Å². The molecular weight excluding hydrogens is 526 g/mol. The molecule has 0 radical (unpaired) electrons. The van der Waals surface area contributed by atoms with Crippen LogP contribution in [0.25, 0.3) is 5.76 Å². The second kappa shape index (κ2) is 10.9. The third-order valence-electron chi connectivity index (χ3n) is 6.16. The van der Waals surface area contributed by atoms with Gasteiger partial charge in [0, 0.05) is 16.6 Å². The van der Waals surface area contributed by atoms with Crippen molar-refractivity contribution < 1.29 is 28.9 Å². The fourth-order valence-corrected chi connectivity index (χ4v) is 4.58. The maximum Gasteiger partial charge on any atom is 0.295 e. The zero-order valence-corrected chi connectivity index (χ0v) is 21.7. The van der Waals surface area contributed by atoms with Gasteiger partial charge in [-0.15, -0.1) is 0 Å². The number of carbonyl (C=O) groups excluding carboxylic acids is 2. The minimum Gasteiger partial charge on any atom is -0.507 e. The first-order chi connectivity index (χ1) is 17.4. The average Bonchev–Trinajstić information content (AvgIpc) is 3.16. The Morgan fingerprint density at radius 1 is 0.917 bits per heavy atom. The lowest BCUT2D eigenvalue weighted by Gasteiger charge is -2.26. The number of rotatable bonds is 8. The molecule has 1 aliphatic heterocycles. The Morgan fingerprint density at radius 3 is 2.31 bits per heavy atom. The van der Waals surface area contributed by atoms with Crippen molar-refractivity contribution in [2.75, 3.05) is 27.9 Å². The van der Waals surface area contributed by atoms with Crippen molar-refractivity contribution in [1.82, 2.24) is 4.90 Å². The van der Waals surface area contributed by atoms with Gasteiger partial charge in [0.25, 0.3) is 11.7 Å². The van der Waals surface area contributed by atoms with Gasteiger partial charge in [-0.2, -0.15) is 0 Å². The summed E-state index contributed by atoms with van der Waals surface area (Å²) in [7, 11) is 4.68. The van der Waals surface area contributed by atoms with Crippen LogP contribution in [-0.2, 0) is 16.0 Å². The summed E-state index contributed by atoms with van der Waals surface area (Å²) >= 11 is 3.38. The Morgan fingerprint density at radius 2 is 1.64 bits per heavy atom. The molecular formula is C28H26BrNO6. The van der Waals surface area contributed by atoms with Gasteiger partial charge >= 0.3 is 0 Å². The normalized spacial score (nSPS) is 16.8. The summed E-state index contributed by atoms with van der Waals surface area (Å²) in [5, 5.41) is 11.2. The van der Waals surface area contributed by atoms with Gasteiger partial charge in [0.2, 0.25) is 0 Å². The van der Waals surface area contributed by atoms with E-state index in [9.17, 15) is 14.7 Å². The lowest BCUT2D eigenvalue weighted by molar-refractivity contribution is -0.139. The van der Waals surface area contributed by atoms with Gasteiger partial charge in [0.05, 0.1) is 32.9 Å². The highest BCUT2D eigenvalue weighted by Gasteiger charge is 2.46. The lowest BCUT2D eigenvalue weighted by Crippen LogP contribution is -2.31. The van der Waals surface area contributed by atoms with Crippen molar-refractivity contribution in [1.29, 1.82) is 0 Å². The number of aliphatic hydroxyl groups excluding tert-OH is 1. The third kappa shape index (κ3) is 4.95. The van der Waals surface area contributed by atoms with Crippen molar-refractivity contribution in [3.63, 3.8) is 0 Å². The second-order valence-corrected chi connectivity index (χ2v) is 9.13. The summed E-state index contributed by atoms with van der Waals surface area (Å²) in [6, 6.07) is 18.9. The van der Waals surface area contributed by atoms with Crippen LogP contribution in [0.3, 0.4) is 0 Å². The van der Waals surface area contributed by atoms with Crippen LogP contribution in [0.15, 0.2) is 76.8 Å². The van der Waals surface area contributed by atoms with Crippen molar-refractivity contribution >= 4 is 33.4 Å². The van der Waals surface area contributed by atoms with E-state index in [-0.39, 0.29) is 17.9 Å². The number of halogens is 1. The number of hydrogen-bond acceptors (Lipinski definition) is 6.